The Morgan fingerprint density at radius 2 is 0.525 bits per heavy atom. The second kappa shape index (κ2) is 48.3. The van der Waals surface area contributed by atoms with Gasteiger partial charge in [-0.1, -0.05) is 0 Å². The maximum atomic E-state index is 11.4. The molecule has 0 aliphatic rings. The fraction of sp³-hybridized carbons (Fsp3) is 0.895. The van der Waals surface area contributed by atoms with Gasteiger partial charge in [0, 0.05) is 23.0 Å². The maximum absolute atomic E-state index is 11.4. The summed E-state index contributed by atoms with van der Waals surface area (Å²) in [5.74, 6) is 1.96. The topological polar surface area (TPSA) is 207 Å². The lowest BCUT2D eigenvalue weighted by molar-refractivity contribution is -0.0958. The van der Waals surface area contributed by atoms with Gasteiger partial charge >= 0.3 is 21.2 Å². The van der Waals surface area contributed by atoms with Crippen molar-refractivity contribution < 1.29 is 90.2 Å². The Balaban J connectivity index is 4.59. The first-order chi connectivity index (χ1) is 29.9. The van der Waals surface area contributed by atoms with Gasteiger partial charge < -0.3 is 71.1 Å². The molecule has 0 aromatic carbocycles. The van der Waals surface area contributed by atoms with Crippen LogP contribution in [0.1, 0.15) is 27.7 Å². The summed E-state index contributed by atoms with van der Waals surface area (Å²) in [6.45, 7) is 14.9. The molecule has 23 heteroatoms. The van der Waals surface area contributed by atoms with Gasteiger partial charge in [-0.15, -0.1) is 0 Å². The number of carbonyl (C=O) groups excluding carboxylic acids is 4. The van der Waals surface area contributed by atoms with Gasteiger partial charge in [0.1, 0.15) is 12.2 Å². The van der Waals surface area contributed by atoms with Gasteiger partial charge in [-0.2, -0.15) is 0 Å². The van der Waals surface area contributed by atoms with E-state index in [4.69, 9.17) is 71.1 Å². The molecule has 0 fully saturated rings. The summed E-state index contributed by atoms with van der Waals surface area (Å²) in [7, 11) is 0. The Morgan fingerprint density at radius 3 is 0.770 bits per heavy atom. The summed E-state index contributed by atoms with van der Waals surface area (Å²) >= 11 is 4.27. The van der Waals surface area contributed by atoms with Crippen LogP contribution in [-0.4, -0.2) is 215 Å². The lowest BCUT2D eigenvalue weighted by Crippen LogP contribution is -2.30. The minimum atomic E-state index is -0.377. The van der Waals surface area contributed by atoms with Gasteiger partial charge in [-0.3, -0.25) is 0 Å². The van der Waals surface area contributed by atoms with E-state index in [0.29, 0.717) is 142 Å². The van der Waals surface area contributed by atoms with Crippen LogP contribution in [0.5, 0.6) is 0 Å². The molecule has 0 aliphatic carbocycles. The van der Waals surface area contributed by atoms with Crippen LogP contribution < -0.4 is 0 Å². The molecule has 0 atom stereocenters. The molecule has 0 N–H and O–H groups in total. The third kappa shape index (κ3) is 45.2. The minimum absolute atomic E-state index is 0.262. The SMILES string of the molecule is CCOC(=O)SCCOCCOCC(COCCOCCSC(=O)OCC)OCCOCCOC(COCCOCCSC(=O)OCC)COCCOCCSC(=O)OCC. The predicted molar refractivity (Wildman–Crippen MR) is 235 cm³/mol. The van der Waals surface area contributed by atoms with Crippen molar-refractivity contribution in [1.82, 2.24) is 0 Å². The number of hydrogen-bond donors (Lipinski definition) is 0. The highest BCUT2D eigenvalue weighted by Gasteiger charge is 2.13. The highest BCUT2D eigenvalue weighted by atomic mass is 32.2. The molecule has 0 unspecified atom stereocenters. The molecule has 0 spiro atoms. The number of ether oxygens (including phenoxy) is 15. The van der Waals surface area contributed by atoms with Gasteiger partial charge in [0.2, 0.25) is 0 Å². The maximum Gasteiger partial charge on any atom is 0.367 e. The van der Waals surface area contributed by atoms with Crippen LogP contribution in [0.3, 0.4) is 0 Å². The third-order valence-electron chi connectivity index (χ3n) is 6.70. The average Bonchev–Trinajstić information content (AvgIpc) is 3.23. The Hall–Kier alpha value is -1.16. The van der Waals surface area contributed by atoms with E-state index in [1.54, 1.807) is 27.7 Å². The lowest BCUT2D eigenvalue weighted by atomic mass is 10.4. The van der Waals surface area contributed by atoms with E-state index in [1.807, 2.05) is 0 Å². The number of thioether (sulfide) groups is 4. The molecule has 0 radical (unpaired) electrons. The van der Waals surface area contributed by atoms with Gasteiger partial charge in [-0.25, -0.2) is 19.2 Å². The molecule has 0 aromatic rings. The second-order valence-electron chi connectivity index (χ2n) is 11.5. The summed E-state index contributed by atoms with van der Waals surface area (Å²) in [5.41, 5.74) is 0. The predicted octanol–water partition coefficient (Wildman–Crippen LogP) is 5.47. The second-order valence-corrected chi connectivity index (χ2v) is 15.6. The number of rotatable bonds is 44. The molecule has 0 heterocycles. The highest BCUT2D eigenvalue weighted by Crippen LogP contribution is 2.08. The monoisotopic (exact) mass is 958 g/mol. The first-order valence-corrected chi connectivity index (χ1v) is 24.4. The molecule has 0 aliphatic heterocycles. The number of hydrogen-bond acceptors (Lipinski definition) is 23. The van der Waals surface area contributed by atoms with Crippen molar-refractivity contribution in [3.8, 4) is 0 Å². The van der Waals surface area contributed by atoms with E-state index in [0.717, 1.165) is 47.0 Å². The van der Waals surface area contributed by atoms with Crippen LogP contribution in [-0.2, 0) is 71.1 Å². The van der Waals surface area contributed by atoms with Crippen molar-refractivity contribution in [2.45, 2.75) is 39.9 Å². The zero-order valence-corrected chi connectivity index (χ0v) is 39.6. The van der Waals surface area contributed by atoms with E-state index < -0.39 is 0 Å². The molecule has 61 heavy (non-hydrogen) atoms. The van der Waals surface area contributed by atoms with Crippen LogP contribution in [0.25, 0.3) is 0 Å². The normalized spacial score (nSPS) is 11.4. The van der Waals surface area contributed by atoms with E-state index in [1.165, 1.54) is 0 Å². The van der Waals surface area contributed by atoms with Crippen LogP contribution in [0.2, 0.25) is 0 Å². The molecule has 0 saturated heterocycles. The van der Waals surface area contributed by atoms with Crippen molar-refractivity contribution in [3.05, 3.63) is 0 Å². The van der Waals surface area contributed by atoms with E-state index >= 15 is 0 Å². The molecule has 0 aromatic heterocycles. The van der Waals surface area contributed by atoms with Gasteiger partial charge in [0.15, 0.2) is 0 Å². The number of carbonyl (C=O) groups is 4. The fourth-order valence-corrected chi connectivity index (χ4v) is 6.33. The smallest absolute Gasteiger partial charge is 0.367 e. The van der Waals surface area contributed by atoms with E-state index in [2.05, 4.69) is 0 Å². The Kier molecular flexibility index (Phi) is 47.4. The van der Waals surface area contributed by atoms with Crippen molar-refractivity contribution in [1.29, 1.82) is 0 Å². The molecule has 0 bridgehead atoms. The molecule has 0 saturated carbocycles. The van der Waals surface area contributed by atoms with Gasteiger partial charge in [0.25, 0.3) is 0 Å². The van der Waals surface area contributed by atoms with Crippen LogP contribution in [0.15, 0.2) is 0 Å². The summed E-state index contributed by atoms with van der Waals surface area (Å²) in [4.78, 5) is 45.7. The minimum Gasteiger partial charge on any atom is -0.458 e. The molecule has 360 valence electrons. The largest absolute Gasteiger partial charge is 0.458 e. The molecular formula is C38H70O19S4. The summed E-state index contributed by atoms with van der Waals surface area (Å²) in [6, 6.07) is 0. The van der Waals surface area contributed by atoms with Crippen molar-refractivity contribution in [3.63, 3.8) is 0 Å². The van der Waals surface area contributed by atoms with Crippen LogP contribution in [0.4, 0.5) is 19.2 Å². The van der Waals surface area contributed by atoms with Crippen molar-refractivity contribution in [2.24, 2.45) is 0 Å². The van der Waals surface area contributed by atoms with E-state index in [-0.39, 0.29) is 73.1 Å². The van der Waals surface area contributed by atoms with Gasteiger partial charge in [-0.05, 0) is 74.7 Å². The van der Waals surface area contributed by atoms with E-state index in [9.17, 15) is 19.2 Å². The first kappa shape index (κ1) is 59.8. The lowest BCUT2D eigenvalue weighted by Gasteiger charge is -2.19. The standard InChI is InChI=1S/C38H70O19S4/c1-5-52-35(39)58-25-21-44-9-13-48-29-33(30-49-14-10-45-22-26-59-36(40)53-6-2)56-19-17-43-18-20-57-34(31-50-15-11-46-23-27-60-37(41)54-7-3)32-51-16-12-47-24-28-61-38(42)55-8-4/h33-34H,5-32H2,1-4H3. The molecular weight excluding hydrogens is 889 g/mol. The molecule has 0 amide bonds. The zero-order chi connectivity index (χ0) is 44.7. The van der Waals surface area contributed by atoms with Crippen LogP contribution >= 0.6 is 47.0 Å². The van der Waals surface area contributed by atoms with Crippen molar-refractivity contribution in [2.75, 3.05) is 182 Å². The van der Waals surface area contributed by atoms with Crippen molar-refractivity contribution >= 4 is 68.3 Å². The average molecular weight is 959 g/mol. The molecule has 19 nitrogen and oxygen atoms in total. The Labute approximate surface area is 378 Å². The fourth-order valence-electron chi connectivity index (χ4n) is 4.05. The Morgan fingerprint density at radius 1 is 0.311 bits per heavy atom. The van der Waals surface area contributed by atoms with Crippen LogP contribution in [0, 0.1) is 0 Å². The first-order valence-electron chi connectivity index (χ1n) is 20.5. The third-order valence-corrected chi connectivity index (χ3v) is 9.60. The van der Waals surface area contributed by atoms with Gasteiger partial charge in [0.05, 0.1) is 159 Å². The summed E-state index contributed by atoms with van der Waals surface area (Å²) < 4.78 is 82.4. The summed E-state index contributed by atoms with van der Waals surface area (Å²) in [5, 5.41) is -1.29. The summed E-state index contributed by atoms with van der Waals surface area (Å²) in [6.07, 6.45) is -0.754. The quantitative estimate of drug-likeness (QED) is 0.0422. The zero-order valence-electron chi connectivity index (χ0n) is 36.3. The molecule has 0 rings (SSSR count). The Bertz CT molecular complexity index is 879. The highest BCUT2D eigenvalue weighted by molar-refractivity contribution is 8.14.